The number of hydrogen-bond donors (Lipinski definition) is 2. The lowest BCUT2D eigenvalue weighted by Gasteiger charge is -2.24. The number of amides is 3. The second-order valence-corrected chi connectivity index (χ2v) is 8.48. The predicted molar refractivity (Wildman–Crippen MR) is 143 cm³/mol. The van der Waals surface area contributed by atoms with Crippen LogP contribution < -0.4 is 11.1 Å². The fraction of sp³-hybridized carbons (Fsp3) is 0.222. The number of aryl methyl sites for hydroxylation is 1. The third-order valence-corrected chi connectivity index (χ3v) is 5.68. The molecule has 3 rings (SSSR count). The van der Waals surface area contributed by atoms with Gasteiger partial charge in [0.25, 0.3) is 0 Å². The zero-order chi connectivity index (χ0) is 28.5. The van der Waals surface area contributed by atoms with Crippen LogP contribution in [-0.4, -0.2) is 53.5 Å². The van der Waals surface area contributed by atoms with Crippen molar-refractivity contribution in [1.29, 1.82) is 0 Å². The molecule has 0 fully saturated rings. The quantitative estimate of drug-likeness (QED) is 0.147. The van der Waals surface area contributed by atoms with Crippen LogP contribution in [0.15, 0.2) is 58.6 Å². The van der Waals surface area contributed by atoms with Gasteiger partial charge >= 0.3 is 6.03 Å². The molecular formula is C27H28F3N7O2. The molecule has 0 aliphatic carbocycles. The number of guanidine groups is 1. The molecule has 9 nitrogen and oxygen atoms in total. The Bertz CT molecular complexity index is 1400. The van der Waals surface area contributed by atoms with E-state index >= 15 is 0 Å². The molecule has 0 saturated carbocycles. The number of nitrogens with two attached hydrogens (primary N) is 1. The highest BCUT2D eigenvalue weighted by Gasteiger charge is 2.21. The number of anilines is 1. The number of carbonyl (C=O) groups is 2. The maximum atomic E-state index is 14.4. The van der Waals surface area contributed by atoms with Crippen LogP contribution in [0.2, 0.25) is 0 Å². The standard InChI is InChI=1S/C27H28F3N7O2/c1-4-17-10-24(31)18(13-32-2)11-25(17)34-26(35-27(39)36(3)15-20-7-5-6-8-33-20)37(16-38)14-19-9-22(29)23(30)12-21(19)28/h5-13,16H,4,14-15,31H2,1-3H3,(H,34,35,39). The lowest BCUT2D eigenvalue weighted by molar-refractivity contribution is -0.115. The van der Waals surface area contributed by atoms with Crippen LogP contribution in [0.5, 0.6) is 0 Å². The van der Waals surface area contributed by atoms with Crippen LogP contribution in [-0.2, 0) is 24.3 Å². The fourth-order valence-electron chi connectivity index (χ4n) is 3.61. The highest BCUT2D eigenvalue weighted by atomic mass is 19.2. The van der Waals surface area contributed by atoms with E-state index in [-0.39, 0.29) is 18.1 Å². The van der Waals surface area contributed by atoms with E-state index < -0.39 is 30.0 Å². The maximum Gasteiger partial charge on any atom is 0.324 e. The van der Waals surface area contributed by atoms with Crippen LogP contribution in [0.4, 0.5) is 29.3 Å². The third kappa shape index (κ3) is 7.40. The van der Waals surface area contributed by atoms with Crippen LogP contribution >= 0.6 is 0 Å². The van der Waals surface area contributed by atoms with Crippen molar-refractivity contribution in [3.05, 3.63) is 88.5 Å². The summed E-state index contributed by atoms with van der Waals surface area (Å²) in [6.45, 7) is 1.46. The van der Waals surface area contributed by atoms with Gasteiger partial charge in [0.05, 0.1) is 24.5 Å². The first-order valence-corrected chi connectivity index (χ1v) is 11.9. The number of halogens is 3. The van der Waals surface area contributed by atoms with Gasteiger partial charge in [-0.2, -0.15) is 0 Å². The summed E-state index contributed by atoms with van der Waals surface area (Å²) >= 11 is 0. The molecule has 204 valence electrons. The molecule has 0 saturated heterocycles. The molecule has 0 radical (unpaired) electrons. The van der Waals surface area contributed by atoms with E-state index in [1.165, 1.54) is 18.2 Å². The zero-order valence-electron chi connectivity index (χ0n) is 21.7. The average Bonchev–Trinajstić information content (AvgIpc) is 2.91. The number of nitrogens with zero attached hydrogens (tertiary/aromatic N) is 5. The topological polar surface area (TPSA) is 116 Å². The summed E-state index contributed by atoms with van der Waals surface area (Å²) < 4.78 is 41.8. The van der Waals surface area contributed by atoms with Crippen molar-refractivity contribution < 1.29 is 22.8 Å². The number of nitrogens with one attached hydrogen (secondary N) is 1. The highest BCUT2D eigenvalue weighted by Crippen LogP contribution is 2.26. The molecule has 3 amide bonds. The Balaban J connectivity index is 2.05. The molecule has 0 atom stereocenters. The average molecular weight is 540 g/mol. The molecule has 2 aromatic carbocycles. The molecule has 3 aromatic rings. The van der Waals surface area contributed by atoms with Crippen molar-refractivity contribution in [1.82, 2.24) is 20.1 Å². The molecule has 1 heterocycles. The van der Waals surface area contributed by atoms with Crippen molar-refractivity contribution in [2.24, 2.45) is 9.98 Å². The minimum absolute atomic E-state index is 0.137. The number of benzene rings is 2. The van der Waals surface area contributed by atoms with Crippen LogP contribution in [0.25, 0.3) is 0 Å². The number of rotatable bonds is 8. The largest absolute Gasteiger partial charge is 0.398 e. The van der Waals surface area contributed by atoms with Crippen molar-refractivity contribution >= 4 is 36.0 Å². The SMILES string of the molecule is CCc1cc(N)c(C=NC)cc1N=C(NC(=O)N(C)Cc1ccccn1)N(C=O)Cc1cc(F)c(F)cc1F. The molecule has 0 bridgehead atoms. The summed E-state index contributed by atoms with van der Waals surface area (Å²) in [6.07, 6.45) is 3.92. The molecular weight excluding hydrogens is 511 g/mol. The van der Waals surface area contributed by atoms with E-state index in [0.29, 0.717) is 53.2 Å². The smallest absolute Gasteiger partial charge is 0.324 e. The Morgan fingerprint density at radius 2 is 1.82 bits per heavy atom. The fourth-order valence-corrected chi connectivity index (χ4v) is 3.61. The van der Waals surface area contributed by atoms with Gasteiger partial charge in [0.2, 0.25) is 12.4 Å². The summed E-state index contributed by atoms with van der Waals surface area (Å²) in [5.74, 6) is -4.00. The van der Waals surface area contributed by atoms with Crippen molar-refractivity contribution in [3.8, 4) is 0 Å². The van der Waals surface area contributed by atoms with Gasteiger partial charge in [0.15, 0.2) is 11.6 Å². The zero-order valence-corrected chi connectivity index (χ0v) is 21.7. The van der Waals surface area contributed by atoms with Crippen LogP contribution in [0.3, 0.4) is 0 Å². The van der Waals surface area contributed by atoms with E-state index in [1.54, 1.807) is 43.6 Å². The Morgan fingerprint density at radius 3 is 2.46 bits per heavy atom. The van der Waals surface area contributed by atoms with Gasteiger partial charge in [-0.1, -0.05) is 13.0 Å². The molecule has 12 heteroatoms. The summed E-state index contributed by atoms with van der Waals surface area (Å²) in [5.41, 5.74) is 8.46. The first-order chi connectivity index (χ1) is 18.7. The van der Waals surface area contributed by atoms with Gasteiger partial charge in [-0.15, -0.1) is 0 Å². The molecule has 0 unspecified atom stereocenters. The van der Waals surface area contributed by atoms with E-state index in [9.17, 15) is 22.8 Å². The molecule has 3 N–H and O–H groups in total. The number of nitrogen functional groups attached to an aromatic ring is 1. The van der Waals surface area contributed by atoms with Gasteiger partial charge in [-0.05, 0) is 42.3 Å². The Labute approximate surface area is 223 Å². The van der Waals surface area contributed by atoms with Gasteiger partial charge in [0, 0.05) is 49.4 Å². The number of carbonyl (C=O) groups excluding carboxylic acids is 2. The van der Waals surface area contributed by atoms with Crippen molar-refractivity contribution in [2.45, 2.75) is 26.4 Å². The second kappa shape index (κ2) is 13.2. The van der Waals surface area contributed by atoms with Gasteiger partial charge in [0.1, 0.15) is 5.82 Å². The number of aliphatic imine (C=N–C) groups is 2. The maximum absolute atomic E-state index is 14.4. The molecule has 39 heavy (non-hydrogen) atoms. The van der Waals surface area contributed by atoms with Crippen LogP contribution in [0, 0.1) is 17.5 Å². The Morgan fingerprint density at radius 1 is 1.08 bits per heavy atom. The van der Waals surface area contributed by atoms with E-state index in [4.69, 9.17) is 5.73 Å². The monoisotopic (exact) mass is 539 g/mol. The summed E-state index contributed by atoms with van der Waals surface area (Å²) in [6, 6.07) is 8.95. The van der Waals surface area contributed by atoms with Crippen molar-refractivity contribution in [2.75, 3.05) is 19.8 Å². The first kappa shape index (κ1) is 28.8. The normalized spacial score (nSPS) is 11.5. The minimum atomic E-state index is -1.37. The third-order valence-electron chi connectivity index (χ3n) is 5.68. The van der Waals surface area contributed by atoms with E-state index in [0.717, 1.165) is 4.90 Å². The highest BCUT2D eigenvalue weighted by molar-refractivity contribution is 6.01. The van der Waals surface area contributed by atoms with E-state index in [1.807, 2.05) is 6.92 Å². The van der Waals surface area contributed by atoms with Crippen LogP contribution in [0.1, 0.15) is 29.3 Å². The first-order valence-electron chi connectivity index (χ1n) is 11.9. The Kier molecular flexibility index (Phi) is 9.74. The van der Waals surface area contributed by atoms with Gasteiger partial charge in [-0.3, -0.25) is 25.0 Å². The minimum Gasteiger partial charge on any atom is -0.398 e. The van der Waals surface area contributed by atoms with Gasteiger partial charge < -0.3 is 10.6 Å². The summed E-state index contributed by atoms with van der Waals surface area (Å²) in [4.78, 5) is 40.1. The lowest BCUT2D eigenvalue weighted by atomic mass is 10.1. The summed E-state index contributed by atoms with van der Waals surface area (Å²) in [5, 5.41) is 2.57. The molecule has 1 aromatic heterocycles. The molecule has 0 spiro atoms. The number of urea groups is 1. The molecule has 0 aliphatic heterocycles. The lowest BCUT2D eigenvalue weighted by Crippen LogP contribution is -2.47. The second-order valence-electron chi connectivity index (χ2n) is 8.48. The van der Waals surface area contributed by atoms with E-state index in [2.05, 4.69) is 20.3 Å². The molecule has 0 aliphatic rings. The number of pyridine rings is 1. The number of hydrogen-bond acceptors (Lipinski definition) is 6. The van der Waals surface area contributed by atoms with Crippen molar-refractivity contribution in [3.63, 3.8) is 0 Å². The Hall–Kier alpha value is -4.74. The van der Waals surface area contributed by atoms with Gasteiger partial charge in [-0.25, -0.2) is 23.0 Å². The number of aromatic nitrogens is 1. The summed E-state index contributed by atoms with van der Waals surface area (Å²) in [7, 11) is 3.09. The predicted octanol–water partition coefficient (Wildman–Crippen LogP) is 4.18.